The number of hydrogen-bond donors (Lipinski definition) is 1. The molecule has 0 saturated heterocycles. The van der Waals surface area contributed by atoms with Gasteiger partial charge in [0.25, 0.3) is 0 Å². The van der Waals surface area contributed by atoms with Crippen molar-refractivity contribution in [1.82, 2.24) is 5.32 Å². The fraction of sp³-hybridized carbons (Fsp3) is 0.429. The van der Waals surface area contributed by atoms with Crippen molar-refractivity contribution in [3.8, 4) is 0 Å². The van der Waals surface area contributed by atoms with E-state index in [1.165, 1.54) is 6.92 Å². The first kappa shape index (κ1) is 14.2. The lowest BCUT2D eigenvalue weighted by atomic mass is 10.0. The van der Waals surface area contributed by atoms with Gasteiger partial charge in [-0.25, -0.2) is 4.79 Å². The molecular formula is C14H19NO3. The van der Waals surface area contributed by atoms with Crippen molar-refractivity contribution < 1.29 is 14.3 Å². The maximum Gasteiger partial charge on any atom is 0.328 e. The number of aryl methyl sites for hydroxylation is 1. The molecule has 0 fully saturated rings. The van der Waals surface area contributed by atoms with Crippen LogP contribution in [0.15, 0.2) is 24.3 Å². The minimum absolute atomic E-state index is 0.236. The third-order valence-electron chi connectivity index (χ3n) is 2.51. The molecule has 4 nitrogen and oxygen atoms in total. The Labute approximate surface area is 107 Å². The summed E-state index contributed by atoms with van der Waals surface area (Å²) in [5, 5.41) is 2.61. The van der Waals surface area contributed by atoms with E-state index in [-0.39, 0.29) is 5.91 Å². The quantitative estimate of drug-likeness (QED) is 0.806. The molecular weight excluding hydrogens is 230 g/mol. The Bertz CT molecular complexity index is 412. The normalized spacial score (nSPS) is 11.7. The van der Waals surface area contributed by atoms with Crippen molar-refractivity contribution in [2.24, 2.45) is 0 Å². The fourth-order valence-electron chi connectivity index (χ4n) is 1.64. The summed E-state index contributed by atoms with van der Waals surface area (Å²) >= 11 is 0. The summed E-state index contributed by atoms with van der Waals surface area (Å²) in [6, 6.07) is 7.23. The summed E-state index contributed by atoms with van der Waals surface area (Å²) in [6.07, 6.45) is 0.443. The average Bonchev–Trinajstić information content (AvgIpc) is 2.31. The van der Waals surface area contributed by atoms with Gasteiger partial charge in [0, 0.05) is 13.3 Å². The third-order valence-corrected chi connectivity index (χ3v) is 2.51. The molecule has 0 aliphatic rings. The van der Waals surface area contributed by atoms with Crippen LogP contribution in [0.1, 0.15) is 25.0 Å². The highest BCUT2D eigenvalue weighted by Gasteiger charge is 2.20. The zero-order valence-corrected chi connectivity index (χ0v) is 11.0. The number of nitrogens with one attached hydrogen (secondary N) is 1. The highest BCUT2D eigenvalue weighted by Crippen LogP contribution is 2.07. The molecule has 0 aliphatic carbocycles. The molecule has 0 bridgehead atoms. The Morgan fingerprint density at radius 1 is 1.28 bits per heavy atom. The summed E-state index contributed by atoms with van der Waals surface area (Å²) < 4.78 is 4.95. The van der Waals surface area contributed by atoms with Crippen molar-refractivity contribution in [3.05, 3.63) is 35.4 Å². The predicted molar refractivity (Wildman–Crippen MR) is 69.1 cm³/mol. The van der Waals surface area contributed by atoms with Crippen LogP contribution in [-0.2, 0) is 20.7 Å². The highest BCUT2D eigenvalue weighted by molar-refractivity contribution is 5.83. The van der Waals surface area contributed by atoms with E-state index >= 15 is 0 Å². The van der Waals surface area contributed by atoms with E-state index < -0.39 is 12.0 Å². The number of amides is 1. The molecule has 1 atom stereocenters. The second-order valence-corrected chi connectivity index (χ2v) is 4.19. The topological polar surface area (TPSA) is 55.4 Å². The van der Waals surface area contributed by atoms with E-state index in [1.54, 1.807) is 6.92 Å². The highest BCUT2D eigenvalue weighted by atomic mass is 16.5. The van der Waals surface area contributed by atoms with Gasteiger partial charge in [0.2, 0.25) is 5.91 Å². The second-order valence-electron chi connectivity index (χ2n) is 4.19. The van der Waals surface area contributed by atoms with Crippen LogP contribution in [0.3, 0.4) is 0 Å². The number of benzene rings is 1. The van der Waals surface area contributed by atoms with E-state index in [1.807, 2.05) is 31.2 Å². The first-order chi connectivity index (χ1) is 8.52. The van der Waals surface area contributed by atoms with Gasteiger partial charge >= 0.3 is 5.97 Å². The van der Waals surface area contributed by atoms with Crippen molar-refractivity contribution in [2.45, 2.75) is 33.2 Å². The molecule has 1 amide bonds. The maximum absolute atomic E-state index is 11.7. The van der Waals surface area contributed by atoms with E-state index in [2.05, 4.69) is 5.32 Å². The maximum atomic E-state index is 11.7. The first-order valence-corrected chi connectivity index (χ1v) is 6.02. The fourth-order valence-corrected chi connectivity index (χ4v) is 1.64. The van der Waals surface area contributed by atoms with Crippen molar-refractivity contribution >= 4 is 11.9 Å². The standard InChI is InChI=1S/C14H19NO3/c1-4-18-14(17)13(15-11(3)16)9-12-7-5-10(2)6-8-12/h5-8,13H,4,9H2,1-3H3,(H,15,16). The van der Waals surface area contributed by atoms with Crippen molar-refractivity contribution in [3.63, 3.8) is 0 Å². The van der Waals surface area contributed by atoms with Gasteiger partial charge in [0.15, 0.2) is 0 Å². The number of carbonyl (C=O) groups excluding carboxylic acids is 2. The summed E-state index contributed by atoms with van der Waals surface area (Å²) in [4.78, 5) is 22.8. The zero-order chi connectivity index (χ0) is 13.5. The number of ether oxygens (including phenoxy) is 1. The lowest BCUT2D eigenvalue weighted by molar-refractivity contribution is -0.147. The number of esters is 1. The largest absolute Gasteiger partial charge is 0.464 e. The first-order valence-electron chi connectivity index (χ1n) is 6.02. The zero-order valence-electron chi connectivity index (χ0n) is 11.0. The molecule has 0 aliphatic heterocycles. The Kier molecular flexibility index (Phi) is 5.36. The molecule has 1 aromatic carbocycles. The molecule has 1 N–H and O–H groups in total. The molecule has 0 saturated carbocycles. The van der Waals surface area contributed by atoms with E-state index in [9.17, 15) is 9.59 Å². The Morgan fingerprint density at radius 3 is 2.39 bits per heavy atom. The molecule has 1 unspecified atom stereocenters. The molecule has 18 heavy (non-hydrogen) atoms. The summed E-state index contributed by atoms with van der Waals surface area (Å²) in [7, 11) is 0. The predicted octanol–water partition coefficient (Wildman–Crippen LogP) is 1.61. The second kappa shape index (κ2) is 6.79. The van der Waals surface area contributed by atoms with Gasteiger partial charge in [-0.1, -0.05) is 29.8 Å². The molecule has 1 aromatic rings. The molecule has 0 heterocycles. The smallest absolute Gasteiger partial charge is 0.328 e. The van der Waals surface area contributed by atoms with Gasteiger partial charge in [-0.05, 0) is 19.4 Å². The van der Waals surface area contributed by atoms with E-state index in [0.29, 0.717) is 13.0 Å². The molecule has 0 spiro atoms. The van der Waals surface area contributed by atoms with Crippen LogP contribution >= 0.6 is 0 Å². The molecule has 0 radical (unpaired) electrons. The van der Waals surface area contributed by atoms with Gasteiger partial charge < -0.3 is 10.1 Å². The number of rotatable bonds is 5. The Morgan fingerprint density at radius 2 is 1.89 bits per heavy atom. The van der Waals surface area contributed by atoms with Crippen LogP contribution in [0.2, 0.25) is 0 Å². The van der Waals surface area contributed by atoms with Crippen molar-refractivity contribution in [2.75, 3.05) is 6.61 Å². The summed E-state index contributed by atoms with van der Waals surface area (Å²) in [5.74, 6) is -0.631. The number of carbonyl (C=O) groups is 2. The van der Waals surface area contributed by atoms with Crippen LogP contribution in [0, 0.1) is 6.92 Å². The van der Waals surface area contributed by atoms with Crippen LogP contribution in [0.5, 0.6) is 0 Å². The molecule has 98 valence electrons. The van der Waals surface area contributed by atoms with Crippen molar-refractivity contribution in [1.29, 1.82) is 0 Å². The molecule has 0 aromatic heterocycles. The van der Waals surface area contributed by atoms with Gasteiger partial charge in [-0.2, -0.15) is 0 Å². The van der Waals surface area contributed by atoms with Crippen LogP contribution in [-0.4, -0.2) is 24.5 Å². The lowest BCUT2D eigenvalue weighted by Crippen LogP contribution is -2.42. The van der Waals surface area contributed by atoms with E-state index in [0.717, 1.165) is 11.1 Å². The Balaban J connectivity index is 2.74. The van der Waals surface area contributed by atoms with Gasteiger partial charge in [-0.3, -0.25) is 4.79 Å². The van der Waals surface area contributed by atoms with Gasteiger partial charge in [0.05, 0.1) is 6.61 Å². The Hall–Kier alpha value is -1.84. The van der Waals surface area contributed by atoms with Gasteiger partial charge in [-0.15, -0.1) is 0 Å². The van der Waals surface area contributed by atoms with Crippen LogP contribution in [0.4, 0.5) is 0 Å². The molecule has 4 heteroatoms. The summed E-state index contributed by atoms with van der Waals surface area (Å²) in [5.41, 5.74) is 2.15. The SMILES string of the molecule is CCOC(=O)C(Cc1ccc(C)cc1)NC(C)=O. The minimum Gasteiger partial charge on any atom is -0.464 e. The lowest BCUT2D eigenvalue weighted by Gasteiger charge is -2.16. The third kappa shape index (κ3) is 4.57. The van der Waals surface area contributed by atoms with E-state index in [4.69, 9.17) is 4.74 Å². The van der Waals surface area contributed by atoms with Gasteiger partial charge in [0.1, 0.15) is 6.04 Å². The van der Waals surface area contributed by atoms with Crippen LogP contribution < -0.4 is 5.32 Å². The minimum atomic E-state index is -0.620. The average molecular weight is 249 g/mol. The monoisotopic (exact) mass is 249 g/mol. The molecule has 1 rings (SSSR count). The van der Waals surface area contributed by atoms with Crippen LogP contribution in [0.25, 0.3) is 0 Å². The summed E-state index contributed by atoms with van der Waals surface area (Å²) in [6.45, 7) is 5.44. The number of hydrogen-bond acceptors (Lipinski definition) is 3.